The molecule has 5 rings (SSSR count). The number of hydrogen-bond donors (Lipinski definition) is 0. The molecule has 1 amide bonds. The zero-order chi connectivity index (χ0) is 20.8. The molecule has 0 spiro atoms. The summed E-state index contributed by atoms with van der Waals surface area (Å²) in [6.07, 6.45) is 5.38. The predicted octanol–water partition coefficient (Wildman–Crippen LogP) is 4.18. The zero-order valence-corrected chi connectivity index (χ0v) is 18.1. The van der Waals surface area contributed by atoms with E-state index < -0.39 is 0 Å². The van der Waals surface area contributed by atoms with Gasteiger partial charge in [0.25, 0.3) is 5.91 Å². The normalized spacial score (nSPS) is 20.5. The lowest BCUT2D eigenvalue weighted by Crippen LogP contribution is -2.32. The lowest BCUT2D eigenvalue weighted by atomic mass is 9.93. The van der Waals surface area contributed by atoms with Crippen LogP contribution < -0.4 is 0 Å². The molecule has 0 bridgehead atoms. The second-order valence-electron chi connectivity index (χ2n) is 8.87. The van der Waals surface area contributed by atoms with Gasteiger partial charge in [-0.1, -0.05) is 30.3 Å². The van der Waals surface area contributed by atoms with E-state index >= 15 is 0 Å². The number of ether oxygens (including phenoxy) is 1. The third-order valence-corrected chi connectivity index (χ3v) is 6.79. The Bertz CT molecular complexity index is 1070. The first-order valence-electron chi connectivity index (χ1n) is 10.9. The van der Waals surface area contributed by atoms with Crippen molar-refractivity contribution in [3.63, 3.8) is 0 Å². The van der Waals surface area contributed by atoms with Gasteiger partial charge in [-0.3, -0.25) is 4.79 Å². The minimum Gasteiger partial charge on any atom is -0.376 e. The Morgan fingerprint density at radius 3 is 2.63 bits per heavy atom. The van der Waals surface area contributed by atoms with Crippen molar-refractivity contribution in [2.24, 2.45) is 0 Å². The zero-order valence-electron chi connectivity index (χ0n) is 18.1. The van der Waals surface area contributed by atoms with Crippen molar-refractivity contribution < 1.29 is 14.1 Å². The molecule has 0 radical (unpaired) electrons. The molecule has 4 nitrogen and oxygen atoms in total. The Balaban J connectivity index is 1.31. The van der Waals surface area contributed by atoms with Gasteiger partial charge in [-0.15, -0.1) is 0 Å². The van der Waals surface area contributed by atoms with Crippen molar-refractivity contribution in [1.29, 1.82) is 0 Å². The summed E-state index contributed by atoms with van der Waals surface area (Å²) in [4.78, 5) is 14.9. The molecule has 3 heterocycles. The van der Waals surface area contributed by atoms with Gasteiger partial charge in [0.1, 0.15) is 12.6 Å². The van der Waals surface area contributed by atoms with Crippen LogP contribution in [0.3, 0.4) is 0 Å². The molecule has 3 aliphatic heterocycles. The van der Waals surface area contributed by atoms with Gasteiger partial charge in [0.05, 0.1) is 6.10 Å². The molecule has 1 fully saturated rings. The molecule has 2 aromatic carbocycles. The number of fused-ring (bicyclic) bond motifs is 1. The Hall–Kier alpha value is -2.72. The lowest BCUT2D eigenvalue weighted by molar-refractivity contribution is -0.430. The van der Waals surface area contributed by atoms with Crippen LogP contribution in [0.4, 0.5) is 0 Å². The number of amides is 1. The van der Waals surface area contributed by atoms with Crippen LogP contribution in [0, 0.1) is 6.92 Å². The molecule has 154 valence electrons. The smallest absolute Gasteiger partial charge is 0.254 e. The van der Waals surface area contributed by atoms with Gasteiger partial charge in [-0.2, -0.15) is 0 Å². The number of hydrogen-bond acceptors (Lipinski definition) is 2. The summed E-state index contributed by atoms with van der Waals surface area (Å²) in [5, 5.41) is 0. The molecular formula is C26H29N2O2+. The van der Waals surface area contributed by atoms with Crippen molar-refractivity contribution in [3.8, 4) is 0 Å². The van der Waals surface area contributed by atoms with Gasteiger partial charge in [0.2, 0.25) is 0 Å². The van der Waals surface area contributed by atoms with Crippen LogP contribution in [-0.2, 0) is 17.7 Å². The van der Waals surface area contributed by atoms with Crippen molar-refractivity contribution >= 4 is 17.2 Å². The van der Waals surface area contributed by atoms with Gasteiger partial charge in [0.15, 0.2) is 11.9 Å². The summed E-state index contributed by atoms with van der Waals surface area (Å²) in [6, 6.07) is 13.2. The summed E-state index contributed by atoms with van der Waals surface area (Å²) in [5.41, 5.74) is 9.68. The Morgan fingerprint density at radius 1 is 1.17 bits per heavy atom. The highest BCUT2D eigenvalue weighted by atomic mass is 16.5. The molecule has 0 aliphatic carbocycles. The number of allylic oxidation sites excluding steroid dienone is 1. The first-order chi connectivity index (χ1) is 14.5. The minimum absolute atomic E-state index is 0.157. The van der Waals surface area contributed by atoms with E-state index in [1.54, 1.807) is 0 Å². The highest BCUT2D eigenvalue weighted by Crippen LogP contribution is 2.29. The standard InChI is InChI=1S/C26H29N2O2/c1-17-11-22-14-28(15-23-5-4-10-30-23)26(29)24(22)13-21(17)12-19-6-8-20(9-7-19)25-16-27(3)18(25)2/h6-9,11,13,16,23H,4-5,10,12,14-15H2,1-3H3/q+1. The van der Waals surface area contributed by atoms with Gasteiger partial charge in [-0.05, 0) is 60.1 Å². The minimum atomic E-state index is 0.157. The molecule has 2 aromatic rings. The maximum Gasteiger partial charge on any atom is 0.254 e. The summed E-state index contributed by atoms with van der Waals surface area (Å²) in [5.74, 6) is 0.157. The monoisotopic (exact) mass is 401 g/mol. The first kappa shape index (κ1) is 19.3. The van der Waals surface area contributed by atoms with E-state index in [4.69, 9.17) is 4.74 Å². The van der Waals surface area contributed by atoms with Crippen LogP contribution in [0.5, 0.6) is 0 Å². The van der Waals surface area contributed by atoms with Crippen LogP contribution in [0.2, 0.25) is 0 Å². The fourth-order valence-electron chi connectivity index (χ4n) is 4.78. The van der Waals surface area contributed by atoms with Crippen molar-refractivity contribution in [3.05, 3.63) is 76.0 Å². The molecule has 30 heavy (non-hydrogen) atoms. The number of rotatable bonds is 5. The van der Waals surface area contributed by atoms with Crippen LogP contribution in [0.25, 0.3) is 5.57 Å². The van der Waals surface area contributed by atoms with Gasteiger partial charge in [-0.25, -0.2) is 4.58 Å². The van der Waals surface area contributed by atoms with Crippen LogP contribution in [0.15, 0.2) is 42.6 Å². The molecule has 1 atom stereocenters. The quantitative estimate of drug-likeness (QED) is 0.704. The maximum atomic E-state index is 13.0. The fraction of sp³-hybridized carbons (Fsp3) is 0.385. The van der Waals surface area contributed by atoms with Crippen molar-refractivity contribution in [2.75, 3.05) is 20.2 Å². The molecule has 0 N–H and O–H groups in total. The molecule has 1 unspecified atom stereocenters. The number of nitrogens with zero attached hydrogens (tertiary/aromatic N) is 2. The summed E-state index contributed by atoms with van der Waals surface area (Å²) < 4.78 is 7.89. The Kier molecular flexibility index (Phi) is 4.82. The molecule has 0 aromatic heterocycles. The largest absolute Gasteiger partial charge is 0.376 e. The first-order valence-corrected chi connectivity index (χ1v) is 10.9. The third kappa shape index (κ3) is 3.39. The molecule has 1 saturated heterocycles. The van der Waals surface area contributed by atoms with E-state index in [-0.39, 0.29) is 12.0 Å². The summed E-state index contributed by atoms with van der Waals surface area (Å²) in [7, 11) is 2.08. The predicted molar refractivity (Wildman–Crippen MR) is 119 cm³/mol. The topological polar surface area (TPSA) is 32.5 Å². The van der Waals surface area contributed by atoms with E-state index in [0.29, 0.717) is 13.1 Å². The number of carbonyl (C=O) groups is 1. The summed E-state index contributed by atoms with van der Waals surface area (Å²) >= 11 is 0. The van der Waals surface area contributed by atoms with Crippen molar-refractivity contribution in [1.82, 2.24) is 4.90 Å². The lowest BCUT2D eigenvalue weighted by Gasteiger charge is -2.19. The van der Waals surface area contributed by atoms with Crippen molar-refractivity contribution in [2.45, 2.75) is 45.8 Å². The number of aryl methyl sites for hydroxylation is 1. The molecular weight excluding hydrogens is 372 g/mol. The van der Waals surface area contributed by atoms with Gasteiger partial charge >= 0.3 is 0 Å². The second-order valence-corrected chi connectivity index (χ2v) is 8.87. The van der Waals surface area contributed by atoms with Crippen LogP contribution >= 0.6 is 0 Å². The fourth-order valence-corrected chi connectivity index (χ4v) is 4.78. The average Bonchev–Trinajstić information content (AvgIpc) is 3.36. The van der Waals surface area contributed by atoms with Crippen LogP contribution in [0.1, 0.15) is 57.9 Å². The van der Waals surface area contributed by atoms with E-state index in [1.165, 1.54) is 33.5 Å². The SMILES string of the molecule is CC1=[N+](C)C=C1c1ccc(Cc2cc3c(cc2C)CN(CC2CCCO2)C3=O)cc1. The van der Waals surface area contributed by atoms with Crippen LogP contribution in [-0.4, -0.2) is 47.4 Å². The molecule has 4 heteroatoms. The summed E-state index contributed by atoms with van der Waals surface area (Å²) in [6.45, 7) is 6.56. The maximum absolute atomic E-state index is 13.0. The van der Waals surface area contributed by atoms with E-state index in [2.05, 4.69) is 68.1 Å². The van der Waals surface area contributed by atoms with E-state index in [0.717, 1.165) is 37.0 Å². The van der Waals surface area contributed by atoms with Gasteiger partial charge in [0, 0.05) is 32.2 Å². The average molecular weight is 402 g/mol. The highest BCUT2D eigenvalue weighted by molar-refractivity contribution is 6.22. The number of benzene rings is 2. The molecule has 0 saturated carbocycles. The Labute approximate surface area is 178 Å². The third-order valence-electron chi connectivity index (χ3n) is 6.79. The van der Waals surface area contributed by atoms with Gasteiger partial charge < -0.3 is 9.64 Å². The Morgan fingerprint density at radius 2 is 1.97 bits per heavy atom. The molecule has 3 aliphatic rings. The second kappa shape index (κ2) is 7.51. The van der Waals surface area contributed by atoms with E-state index in [1.807, 2.05) is 4.90 Å². The van der Waals surface area contributed by atoms with E-state index in [9.17, 15) is 4.79 Å². The highest BCUT2D eigenvalue weighted by Gasteiger charge is 2.31. The number of carbonyl (C=O) groups excluding carboxylic acids is 1.